The van der Waals surface area contributed by atoms with E-state index in [1.54, 1.807) is 0 Å². The molecule has 0 amide bonds. The topological polar surface area (TPSA) is 150 Å². The van der Waals surface area contributed by atoms with Crippen molar-refractivity contribution in [2.24, 2.45) is 0 Å². The molecule has 0 fully saturated rings. The zero-order valence-corrected chi connectivity index (χ0v) is 7.39. The number of nitrogens with zero attached hydrogens (tertiary/aromatic N) is 3. The Morgan fingerprint density at radius 1 is 0.882 bits per heavy atom. The van der Waals surface area contributed by atoms with Gasteiger partial charge in [0, 0.05) is 6.07 Å². The fourth-order valence-corrected chi connectivity index (χ4v) is 1.07. The number of nitro benzene ring substituents is 3. The van der Waals surface area contributed by atoms with Crippen molar-refractivity contribution in [1.29, 1.82) is 0 Å². The van der Waals surface area contributed by atoms with Gasteiger partial charge in [-0.25, -0.2) is 0 Å². The van der Waals surface area contributed by atoms with E-state index < -0.39 is 37.6 Å². The first-order valence-corrected chi connectivity index (χ1v) is 3.65. The fourth-order valence-electron chi connectivity index (χ4n) is 1.07. The second-order valence-electron chi connectivity index (χ2n) is 2.57. The normalized spacial score (nSPS) is 9.18. The summed E-state index contributed by atoms with van der Waals surface area (Å²) in [5.41, 5.74) is -3.68. The van der Waals surface area contributed by atoms with E-state index in [1.807, 2.05) is 0 Å². The van der Waals surface area contributed by atoms with Crippen LogP contribution in [0.5, 0.6) is 5.75 Å². The van der Waals surface area contributed by atoms with Crippen LogP contribution in [0.15, 0.2) is 12.1 Å². The molecule has 0 saturated carbocycles. The molecule has 0 aliphatic rings. The van der Waals surface area contributed by atoms with Gasteiger partial charge in [-0.3, -0.25) is 30.3 Å². The Kier molecular flexibility index (Phi) is 4.94. The summed E-state index contributed by atoms with van der Waals surface area (Å²) in [4.78, 5) is 27.7. The molecule has 0 aromatic heterocycles. The van der Waals surface area contributed by atoms with Gasteiger partial charge in [-0.2, -0.15) is 0 Å². The van der Waals surface area contributed by atoms with Crippen LogP contribution in [0.2, 0.25) is 0 Å². The van der Waals surface area contributed by atoms with Crippen LogP contribution < -0.4 is 0 Å². The number of phenolic OH excluding ortho intramolecular Hbond substituents is 1. The third kappa shape index (κ3) is 2.87. The van der Waals surface area contributed by atoms with E-state index in [0.29, 0.717) is 12.1 Å². The van der Waals surface area contributed by atoms with E-state index in [1.165, 1.54) is 0 Å². The maximum atomic E-state index is 10.5. The van der Waals surface area contributed by atoms with Gasteiger partial charge in [0.1, 0.15) is 0 Å². The number of aromatic hydroxyl groups is 1. The molecule has 11 heteroatoms. The Morgan fingerprint density at radius 3 is 1.71 bits per heavy atom. The minimum atomic E-state index is -1.34. The Bertz CT molecular complexity index is 503. The molecule has 86 valence electrons. The summed E-state index contributed by atoms with van der Waals surface area (Å²) in [5.74, 6) is -0.998. The average molecular weight is 253 g/mol. The molecule has 1 rings (SSSR count). The van der Waals surface area contributed by atoms with Crippen LogP contribution in [0, 0.1) is 30.3 Å². The molecule has 0 radical (unpaired) electrons. The van der Waals surface area contributed by atoms with Crippen LogP contribution in [0.3, 0.4) is 0 Å². The Morgan fingerprint density at radius 2 is 1.35 bits per heavy atom. The van der Waals surface area contributed by atoms with Crippen molar-refractivity contribution in [3.63, 3.8) is 0 Å². The van der Waals surface area contributed by atoms with Gasteiger partial charge < -0.3 is 5.11 Å². The van der Waals surface area contributed by atoms with Gasteiger partial charge in [-0.05, 0) is 6.07 Å². The molecule has 0 bridgehead atoms. The summed E-state index contributed by atoms with van der Waals surface area (Å²) >= 11 is 0. The fraction of sp³-hybridized carbons (Fsp3) is 0. The summed E-state index contributed by atoms with van der Waals surface area (Å²) in [7, 11) is 0. The van der Waals surface area contributed by atoms with Crippen molar-refractivity contribution >= 4 is 46.6 Å². The van der Waals surface area contributed by atoms with E-state index in [-0.39, 0.29) is 29.6 Å². The molecule has 0 aliphatic carbocycles. The third-order valence-corrected chi connectivity index (χ3v) is 1.67. The Labute approximate surface area is 115 Å². The second kappa shape index (κ2) is 5.52. The summed E-state index contributed by atoms with van der Waals surface area (Å²) in [6, 6.07) is 1.28. The number of hydrogen-bond acceptors (Lipinski definition) is 7. The van der Waals surface area contributed by atoms with E-state index in [9.17, 15) is 30.3 Å². The van der Waals surface area contributed by atoms with Gasteiger partial charge in [0.2, 0.25) is 5.75 Å². The molecule has 0 spiro atoms. The van der Waals surface area contributed by atoms with E-state index in [0.717, 1.165) is 0 Å². The van der Waals surface area contributed by atoms with Crippen LogP contribution in [0.25, 0.3) is 0 Å². The predicted molar refractivity (Wildman–Crippen MR) is 55.2 cm³/mol. The van der Waals surface area contributed by atoms with Crippen LogP contribution in [0.1, 0.15) is 0 Å². The van der Waals surface area contributed by atoms with Crippen molar-refractivity contribution in [3.8, 4) is 5.75 Å². The molecule has 0 heterocycles. The van der Waals surface area contributed by atoms with E-state index in [4.69, 9.17) is 5.11 Å². The van der Waals surface area contributed by atoms with Crippen LogP contribution in [-0.2, 0) is 0 Å². The monoisotopic (exact) mass is 253 g/mol. The molecule has 0 aliphatic heterocycles. The first-order chi connectivity index (χ1) is 7.36. The van der Waals surface area contributed by atoms with Gasteiger partial charge in [-0.15, -0.1) is 0 Å². The van der Waals surface area contributed by atoms with Crippen LogP contribution in [-0.4, -0.2) is 49.4 Å². The quantitative estimate of drug-likeness (QED) is 0.467. The number of benzene rings is 1. The molecule has 1 aromatic carbocycles. The SMILES string of the molecule is O=[N+]([O-])c1ccc(O)c([N+](=O)[O-])c1[N+](=O)[O-].[NaH]. The van der Waals surface area contributed by atoms with Crippen LogP contribution >= 0.6 is 0 Å². The molecule has 0 unspecified atom stereocenters. The molecule has 0 atom stereocenters. The molecular formula is C6H4N3NaO7. The first-order valence-electron chi connectivity index (χ1n) is 3.65. The Hall–Kier alpha value is -1.78. The van der Waals surface area contributed by atoms with Crippen molar-refractivity contribution in [3.05, 3.63) is 42.5 Å². The summed E-state index contributed by atoms with van der Waals surface area (Å²) in [6.45, 7) is 0. The summed E-state index contributed by atoms with van der Waals surface area (Å²) < 4.78 is 0. The number of hydrogen-bond donors (Lipinski definition) is 1. The van der Waals surface area contributed by atoms with Crippen LogP contribution in [0.4, 0.5) is 17.1 Å². The van der Waals surface area contributed by atoms with Gasteiger partial charge in [0.15, 0.2) is 0 Å². The van der Waals surface area contributed by atoms with E-state index in [2.05, 4.69) is 0 Å². The van der Waals surface area contributed by atoms with Gasteiger partial charge in [-0.1, -0.05) is 0 Å². The molecule has 10 nitrogen and oxygen atoms in total. The van der Waals surface area contributed by atoms with E-state index >= 15 is 0 Å². The summed E-state index contributed by atoms with van der Waals surface area (Å²) in [6.07, 6.45) is 0. The number of phenols is 1. The molecule has 1 N–H and O–H groups in total. The maximum absolute atomic E-state index is 10.5. The van der Waals surface area contributed by atoms with Crippen molar-refractivity contribution < 1.29 is 19.9 Å². The number of nitro groups is 3. The molecule has 1 aromatic rings. The molecular weight excluding hydrogens is 249 g/mol. The van der Waals surface area contributed by atoms with Gasteiger partial charge in [0.25, 0.3) is 0 Å². The molecule has 17 heavy (non-hydrogen) atoms. The second-order valence-corrected chi connectivity index (χ2v) is 2.57. The standard InChI is InChI=1S/C6H3N3O7.Na.H/c10-4-2-1-3(7(11)12)5(8(13)14)6(4)9(15)16;;/h1-2,10H;;. The van der Waals surface area contributed by atoms with Gasteiger partial charge in [0.05, 0.1) is 14.8 Å². The first kappa shape index (κ1) is 15.2. The third-order valence-electron chi connectivity index (χ3n) is 1.67. The predicted octanol–water partition coefficient (Wildman–Crippen LogP) is 0.468. The van der Waals surface area contributed by atoms with Crippen molar-refractivity contribution in [1.82, 2.24) is 0 Å². The van der Waals surface area contributed by atoms with Crippen molar-refractivity contribution in [2.75, 3.05) is 0 Å². The minimum absolute atomic E-state index is 0. The van der Waals surface area contributed by atoms with Gasteiger partial charge >= 0.3 is 46.6 Å². The number of rotatable bonds is 3. The average Bonchev–Trinajstić information content (AvgIpc) is 2.15. The summed E-state index contributed by atoms with van der Waals surface area (Å²) in [5, 5.41) is 40.4. The Balaban J connectivity index is 0.00000256. The van der Waals surface area contributed by atoms with Crippen molar-refractivity contribution in [2.45, 2.75) is 0 Å². The zero-order valence-electron chi connectivity index (χ0n) is 7.39. The zero-order chi connectivity index (χ0) is 12.5. The molecule has 0 saturated heterocycles.